The van der Waals surface area contributed by atoms with Crippen molar-refractivity contribution in [2.75, 3.05) is 11.9 Å². The Bertz CT molecular complexity index is 439. The highest BCUT2D eigenvalue weighted by Crippen LogP contribution is 2.08. The SMILES string of the molecule is O=C(NCCC(O)C(=O)O)Nc1cccc(F)c1. The highest BCUT2D eigenvalue weighted by Gasteiger charge is 2.12. The number of hydrogen-bond donors (Lipinski definition) is 4. The Morgan fingerprint density at radius 3 is 2.72 bits per heavy atom. The van der Waals surface area contributed by atoms with E-state index < -0.39 is 23.9 Å². The predicted molar refractivity (Wildman–Crippen MR) is 61.7 cm³/mol. The lowest BCUT2D eigenvalue weighted by molar-refractivity contribution is -0.146. The van der Waals surface area contributed by atoms with Gasteiger partial charge in [0.25, 0.3) is 0 Å². The van der Waals surface area contributed by atoms with Crippen LogP contribution >= 0.6 is 0 Å². The van der Waals surface area contributed by atoms with Crippen molar-refractivity contribution in [2.45, 2.75) is 12.5 Å². The number of aliphatic carboxylic acids is 1. The first-order chi connectivity index (χ1) is 8.49. The van der Waals surface area contributed by atoms with Gasteiger partial charge < -0.3 is 20.8 Å². The van der Waals surface area contributed by atoms with E-state index in [2.05, 4.69) is 10.6 Å². The van der Waals surface area contributed by atoms with Crippen LogP contribution in [0.4, 0.5) is 14.9 Å². The number of amides is 2. The van der Waals surface area contributed by atoms with E-state index >= 15 is 0 Å². The third-order valence-electron chi connectivity index (χ3n) is 2.07. The molecule has 0 bridgehead atoms. The highest BCUT2D eigenvalue weighted by molar-refractivity contribution is 5.89. The maximum atomic E-state index is 12.8. The monoisotopic (exact) mass is 256 g/mol. The highest BCUT2D eigenvalue weighted by atomic mass is 19.1. The maximum Gasteiger partial charge on any atom is 0.332 e. The third kappa shape index (κ3) is 4.79. The molecule has 1 aromatic rings. The maximum absolute atomic E-state index is 12.8. The smallest absolute Gasteiger partial charge is 0.332 e. The second-order valence-electron chi connectivity index (χ2n) is 3.53. The van der Waals surface area contributed by atoms with Crippen LogP contribution in [0.1, 0.15) is 6.42 Å². The van der Waals surface area contributed by atoms with Gasteiger partial charge in [-0.2, -0.15) is 0 Å². The summed E-state index contributed by atoms with van der Waals surface area (Å²) in [6.07, 6.45) is -1.62. The van der Waals surface area contributed by atoms with Crippen molar-refractivity contribution in [3.63, 3.8) is 0 Å². The summed E-state index contributed by atoms with van der Waals surface area (Å²) < 4.78 is 12.8. The minimum absolute atomic E-state index is 0.00534. The average molecular weight is 256 g/mol. The number of carbonyl (C=O) groups excluding carboxylic acids is 1. The van der Waals surface area contributed by atoms with E-state index in [0.29, 0.717) is 0 Å². The molecule has 0 heterocycles. The van der Waals surface area contributed by atoms with Crippen molar-refractivity contribution in [2.24, 2.45) is 0 Å². The van der Waals surface area contributed by atoms with Gasteiger partial charge in [-0.25, -0.2) is 14.0 Å². The standard InChI is InChI=1S/C11H13FN2O4/c12-7-2-1-3-8(6-7)14-11(18)13-5-4-9(15)10(16)17/h1-3,6,9,15H,4-5H2,(H,16,17)(H2,13,14,18). The van der Waals surface area contributed by atoms with Crippen molar-refractivity contribution in [3.8, 4) is 0 Å². The molecule has 0 aliphatic carbocycles. The van der Waals surface area contributed by atoms with Crippen molar-refractivity contribution in [1.29, 1.82) is 0 Å². The molecular formula is C11H13FN2O4. The Kier molecular flexibility index (Phi) is 5.06. The van der Waals surface area contributed by atoms with Gasteiger partial charge in [0.05, 0.1) is 0 Å². The predicted octanol–water partition coefficient (Wildman–Crippen LogP) is 0.783. The van der Waals surface area contributed by atoms with E-state index in [-0.39, 0.29) is 18.7 Å². The topological polar surface area (TPSA) is 98.7 Å². The van der Waals surface area contributed by atoms with Crippen LogP contribution in [0.2, 0.25) is 0 Å². The Balaban J connectivity index is 2.32. The van der Waals surface area contributed by atoms with Crippen LogP contribution in [0.25, 0.3) is 0 Å². The second kappa shape index (κ2) is 6.55. The van der Waals surface area contributed by atoms with Gasteiger partial charge >= 0.3 is 12.0 Å². The third-order valence-corrected chi connectivity index (χ3v) is 2.07. The minimum atomic E-state index is -1.51. The number of aliphatic hydroxyl groups is 1. The normalized spacial score (nSPS) is 11.7. The summed E-state index contributed by atoms with van der Waals surface area (Å²) in [5, 5.41) is 22.0. The van der Waals surface area contributed by atoms with Gasteiger partial charge in [-0.3, -0.25) is 0 Å². The van der Waals surface area contributed by atoms with Crippen molar-refractivity contribution < 1.29 is 24.2 Å². The molecule has 0 aromatic heterocycles. The molecule has 4 N–H and O–H groups in total. The average Bonchev–Trinajstić information content (AvgIpc) is 2.28. The van der Waals surface area contributed by atoms with Gasteiger partial charge in [0.2, 0.25) is 0 Å². The molecular weight excluding hydrogens is 243 g/mol. The molecule has 1 atom stereocenters. The van der Waals surface area contributed by atoms with Crippen molar-refractivity contribution >= 4 is 17.7 Å². The van der Waals surface area contributed by atoms with E-state index in [1.807, 2.05) is 0 Å². The molecule has 0 fully saturated rings. The molecule has 0 radical (unpaired) electrons. The number of carbonyl (C=O) groups is 2. The molecule has 18 heavy (non-hydrogen) atoms. The molecule has 1 unspecified atom stereocenters. The molecule has 1 aromatic carbocycles. The summed E-state index contributed by atoms with van der Waals surface area (Å²) in [7, 11) is 0. The van der Waals surface area contributed by atoms with Gasteiger partial charge in [-0.05, 0) is 18.2 Å². The van der Waals surface area contributed by atoms with Gasteiger partial charge in [-0.15, -0.1) is 0 Å². The number of hydrogen-bond acceptors (Lipinski definition) is 3. The minimum Gasteiger partial charge on any atom is -0.479 e. The first kappa shape index (κ1) is 13.9. The van der Waals surface area contributed by atoms with E-state index in [1.165, 1.54) is 18.2 Å². The summed E-state index contributed by atoms with van der Waals surface area (Å²) in [6.45, 7) is -0.00534. The lowest BCUT2D eigenvalue weighted by Gasteiger charge is -2.08. The molecule has 7 heteroatoms. The van der Waals surface area contributed by atoms with Crippen LogP contribution < -0.4 is 10.6 Å². The number of nitrogens with one attached hydrogen (secondary N) is 2. The number of aliphatic hydroxyl groups excluding tert-OH is 1. The van der Waals surface area contributed by atoms with Crippen LogP contribution in [-0.2, 0) is 4.79 Å². The van der Waals surface area contributed by atoms with Gasteiger partial charge in [0, 0.05) is 18.7 Å². The molecule has 6 nitrogen and oxygen atoms in total. The summed E-state index contributed by atoms with van der Waals surface area (Å²) in [5.41, 5.74) is 0.284. The number of urea groups is 1. The number of benzene rings is 1. The van der Waals surface area contributed by atoms with Crippen molar-refractivity contribution in [1.82, 2.24) is 5.32 Å². The second-order valence-corrected chi connectivity index (χ2v) is 3.53. The summed E-state index contributed by atoms with van der Waals surface area (Å²) in [4.78, 5) is 21.6. The lowest BCUT2D eigenvalue weighted by Crippen LogP contribution is -2.33. The van der Waals surface area contributed by atoms with Crippen LogP contribution in [0, 0.1) is 5.82 Å². The van der Waals surface area contributed by atoms with Crippen molar-refractivity contribution in [3.05, 3.63) is 30.1 Å². The molecule has 0 spiro atoms. The molecule has 0 saturated carbocycles. The van der Waals surface area contributed by atoms with Crippen LogP contribution in [0.3, 0.4) is 0 Å². The summed E-state index contributed by atoms with van der Waals surface area (Å²) in [5.74, 6) is -1.82. The van der Waals surface area contributed by atoms with Crippen LogP contribution in [-0.4, -0.2) is 34.9 Å². The lowest BCUT2D eigenvalue weighted by atomic mass is 10.2. The zero-order valence-corrected chi connectivity index (χ0v) is 9.39. The quantitative estimate of drug-likeness (QED) is 0.625. The summed E-state index contributed by atoms with van der Waals surface area (Å²) >= 11 is 0. The van der Waals surface area contributed by atoms with Crippen LogP contribution in [0.15, 0.2) is 24.3 Å². The molecule has 1 rings (SSSR count). The fourth-order valence-electron chi connectivity index (χ4n) is 1.19. The molecule has 0 aliphatic rings. The van der Waals surface area contributed by atoms with E-state index in [9.17, 15) is 14.0 Å². The first-order valence-corrected chi connectivity index (χ1v) is 5.20. The molecule has 2 amide bonds. The molecule has 0 aliphatic heterocycles. The number of anilines is 1. The Hall–Kier alpha value is -2.15. The number of carboxylic acids is 1. The summed E-state index contributed by atoms with van der Waals surface area (Å²) in [6, 6.07) is 4.74. The zero-order chi connectivity index (χ0) is 13.5. The molecule has 98 valence electrons. The van der Waals surface area contributed by atoms with E-state index in [4.69, 9.17) is 10.2 Å². The zero-order valence-electron chi connectivity index (χ0n) is 9.39. The fourth-order valence-corrected chi connectivity index (χ4v) is 1.19. The fraction of sp³-hybridized carbons (Fsp3) is 0.273. The Morgan fingerprint density at radius 1 is 1.39 bits per heavy atom. The van der Waals surface area contributed by atoms with E-state index in [1.54, 1.807) is 0 Å². The van der Waals surface area contributed by atoms with Gasteiger partial charge in [0.15, 0.2) is 6.10 Å². The van der Waals surface area contributed by atoms with Gasteiger partial charge in [-0.1, -0.05) is 6.07 Å². The van der Waals surface area contributed by atoms with Crippen LogP contribution in [0.5, 0.6) is 0 Å². The van der Waals surface area contributed by atoms with Gasteiger partial charge in [0.1, 0.15) is 5.82 Å². The first-order valence-electron chi connectivity index (χ1n) is 5.20. The largest absolute Gasteiger partial charge is 0.479 e. The molecule has 0 saturated heterocycles. The van der Waals surface area contributed by atoms with E-state index in [0.717, 1.165) is 6.07 Å². The number of halogens is 1. The number of rotatable bonds is 5. The Morgan fingerprint density at radius 2 is 2.11 bits per heavy atom. The number of carboxylic acid groups (broad SMARTS) is 1. The Labute approximate surface area is 102 Å².